The van der Waals surface area contributed by atoms with Gasteiger partial charge < -0.3 is 4.57 Å². The fraction of sp³-hybridized carbons (Fsp3) is 0.182. The van der Waals surface area contributed by atoms with Crippen LogP contribution in [0.25, 0.3) is 0 Å². The highest BCUT2D eigenvalue weighted by molar-refractivity contribution is 14.1. The molecule has 0 amide bonds. The molecule has 0 aliphatic carbocycles. The van der Waals surface area contributed by atoms with Crippen molar-refractivity contribution in [3.8, 4) is 0 Å². The lowest BCUT2D eigenvalue weighted by atomic mass is 10.3. The summed E-state index contributed by atoms with van der Waals surface area (Å²) in [7, 11) is -3.71. The van der Waals surface area contributed by atoms with Crippen LogP contribution in [0, 0.1) is 3.57 Å². The van der Waals surface area contributed by atoms with Crippen LogP contribution in [0.2, 0.25) is 5.02 Å². The van der Waals surface area contributed by atoms with Crippen LogP contribution in [0.5, 0.6) is 0 Å². The van der Waals surface area contributed by atoms with Gasteiger partial charge in [-0.1, -0.05) is 11.6 Å². The van der Waals surface area contributed by atoms with Gasteiger partial charge in [-0.15, -0.1) is 0 Å². The minimum absolute atomic E-state index is 0.0241. The Bertz CT molecular complexity index is 700. The first-order valence-electron chi connectivity index (χ1n) is 5.42. The monoisotopic (exact) mass is 411 g/mol. The molecule has 102 valence electrons. The molecule has 0 aliphatic heterocycles. The number of halogens is 2. The van der Waals surface area contributed by atoms with E-state index in [9.17, 15) is 8.42 Å². The van der Waals surface area contributed by atoms with Crippen LogP contribution in [0.1, 0.15) is 6.92 Å². The van der Waals surface area contributed by atoms with Crippen molar-refractivity contribution >= 4 is 49.9 Å². The van der Waals surface area contributed by atoms with Crippen molar-refractivity contribution in [3.63, 3.8) is 0 Å². The Morgan fingerprint density at radius 2 is 2.21 bits per heavy atom. The first-order valence-corrected chi connectivity index (χ1v) is 8.36. The van der Waals surface area contributed by atoms with Gasteiger partial charge in [-0.05, 0) is 47.7 Å². The van der Waals surface area contributed by atoms with E-state index in [2.05, 4.69) is 32.3 Å². The van der Waals surface area contributed by atoms with Gasteiger partial charge >= 0.3 is 0 Å². The molecule has 1 heterocycles. The summed E-state index contributed by atoms with van der Waals surface area (Å²) in [6.45, 7) is 2.56. The standard InChI is InChI=1S/C11H11ClIN3O2S/c1-2-16-6-11(14-7-16)19(17,18)15-10-4-3-8(13)5-9(10)12/h3-7,15H,2H2,1H3. The van der Waals surface area contributed by atoms with Gasteiger partial charge in [-0.3, -0.25) is 4.72 Å². The summed E-state index contributed by atoms with van der Waals surface area (Å²) in [5.74, 6) is 0. The summed E-state index contributed by atoms with van der Waals surface area (Å²) < 4.78 is 29.3. The Morgan fingerprint density at radius 1 is 1.47 bits per heavy atom. The first kappa shape index (κ1) is 14.6. The van der Waals surface area contributed by atoms with Gasteiger partial charge in [0, 0.05) is 16.3 Å². The molecule has 0 bridgehead atoms. The third-order valence-electron chi connectivity index (χ3n) is 2.43. The van der Waals surface area contributed by atoms with Crippen molar-refractivity contribution < 1.29 is 8.42 Å². The van der Waals surface area contributed by atoms with E-state index < -0.39 is 10.0 Å². The second-order valence-electron chi connectivity index (χ2n) is 3.77. The van der Waals surface area contributed by atoms with E-state index in [0.29, 0.717) is 17.3 Å². The smallest absolute Gasteiger partial charge is 0.280 e. The second kappa shape index (κ2) is 5.68. The summed E-state index contributed by atoms with van der Waals surface area (Å²) >= 11 is 8.10. The zero-order valence-corrected chi connectivity index (χ0v) is 13.7. The molecule has 1 aromatic heterocycles. The highest BCUT2D eigenvalue weighted by Gasteiger charge is 2.18. The van der Waals surface area contributed by atoms with Crippen LogP contribution in [-0.4, -0.2) is 18.0 Å². The van der Waals surface area contributed by atoms with Crippen LogP contribution >= 0.6 is 34.2 Å². The van der Waals surface area contributed by atoms with Gasteiger partial charge in [0.1, 0.15) is 0 Å². The van der Waals surface area contributed by atoms with Gasteiger partial charge in [-0.2, -0.15) is 8.42 Å². The molecule has 1 N–H and O–H groups in total. The Kier molecular flexibility index (Phi) is 4.36. The molecule has 0 aliphatic rings. The fourth-order valence-electron chi connectivity index (χ4n) is 1.42. The third kappa shape index (κ3) is 3.40. The molecule has 19 heavy (non-hydrogen) atoms. The van der Waals surface area contributed by atoms with Crippen molar-refractivity contribution in [3.05, 3.63) is 39.3 Å². The lowest BCUT2D eigenvalue weighted by Crippen LogP contribution is -2.13. The zero-order valence-electron chi connectivity index (χ0n) is 9.97. The molecule has 0 spiro atoms. The van der Waals surface area contributed by atoms with Crippen molar-refractivity contribution in [1.29, 1.82) is 0 Å². The molecule has 2 aromatic rings. The molecule has 0 atom stereocenters. The topological polar surface area (TPSA) is 64.0 Å². The quantitative estimate of drug-likeness (QED) is 0.787. The van der Waals surface area contributed by atoms with Gasteiger partial charge in [0.15, 0.2) is 5.03 Å². The molecule has 0 saturated carbocycles. The van der Waals surface area contributed by atoms with E-state index in [4.69, 9.17) is 11.6 Å². The molecule has 0 unspecified atom stereocenters. The van der Waals surface area contributed by atoms with E-state index >= 15 is 0 Å². The Morgan fingerprint density at radius 3 is 2.79 bits per heavy atom. The number of sulfonamides is 1. The maximum Gasteiger partial charge on any atom is 0.280 e. The number of hydrogen-bond acceptors (Lipinski definition) is 3. The number of aryl methyl sites for hydroxylation is 1. The van der Waals surface area contributed by atoms with Crippen LogP contribution < -0.4 is 4.72 Å². The van der Waals surface area contributed by atoms with E-state index in [1.54, 1.807) is 22.8 Å². The summed E-state index contributed by atoms with van der Waals surface area (Å²) in [4.78, 5) is 3.87. The van der Waals surface area contributed by atoms with Crippen molar-refractivity contribution in [1.82, 2.24) is 9.55 Å². The average Bonchev–Trinajstić information content (AvgIpc) is 2.82. The molecule has 5 nitrogen and oxygen atoms in total. The molecule has 0 fully saturated rings. The highest BCUT2D eigenvalue weighted by Crippen LogP contribution is 2.25. The van der Waals surface area contributed by atoms with Crippen LogP contribution in [0.15, 0.2) is 35.7 Å². The molecule has 0 saturated heterocycles. The number of nitrogens with zero attached hydrogens (tertiary/aromatic N) is 2. The predicted octanol–water partition coefficient (Wildman–Crippen LogP) is 2.96. The fourth-order valence-corrected chi connectivity index (χ4v) is 3.41. The van der Waals surface area contributed by atoms with Gasteiger partial charge in [0.2, 0.25) is 0 Å². The largest absolute Gasteiger partial charge is 0.336 e. The number of aromatic nitrogens is 2. The molecule has 1 aromatic carbocycles. The van der Waals surface area contributed by atoms with Crippen LogP contribution in [0.3, 0.4) is 0 Å². The maximum atomic E-state index is 12.1. The van der Waals surface area contributed by atoms with Gasteiger partial charge in [0.05, 0.1) is 17.0 Å². The maximum absolute atomic E-state index is 12.1. The summed E-state index contributed by atoms with van der Waals surface area (Å²) in [5.41, 5.74) is 0.341. The SMILES string of the molecule is CCn1cnc(S(=O)(=O)Nc2ccc(I)cc2Cl)c1. The highest BCUT2D eigenvalue weighted by atomic mass is 127. The van der Waals surface area contributed by atoms with E-state index in [1.165, 1.54) is 12.5 Å². The molecular formula is C11H11ClIN3O2S. The van der Waals surface area contributed by atoms with Gasteiger partial charge in [-0.25, -0.2) is 4.98 Å². The summed E-state index contributed by atoms with van der Waals surface area (Å²) in [6.07, 6.45) is 2.95. The van der Waals surface area contributed by atoms with Crippen LogP contribution in [0.4, 0.5) is 5.69 Å². The van der Waals surface area contributed by atoms with Crippen LogP contribution in [-0.2, 0) is 16.6 Å². The molecule has 8 heteroatoms. The zero-order chi connectivity index (χ0) is 14.0. The van der Waals surface area contributed by atoms with E-state index in [-0.39, 0.29) is 5.03 Å². The number of nitrogens with one attached hydrogen (secondary N) is 1. The Balaban J connectivity index is 2.30. The average molecular weight is 412 g/mol. The van der Waals surface area contributed by atoms with Crippen molar-refractivity contribution in [2.45, 2.75) is 18.5 Å². The summed E-state index contributed by atoms with van der Waals surface area (Å²) in [6, 6.07) is 5.08. The number of imidazole rings is 1. The Labute approximate surface area is 130 Å². The lowest BCUT2D eigenvalue weighted by Gasteiger charge is -2.07. The minimum Gasteiger partial charge on any atom is -0.336 e. The van der Waals surface area contributed by atoms with E-state index in [0.717, 1.165) is 3.57 Å². The molecule has 0 radical (unpaired) electrons. The number of anilines is 1. The number of hydrogen-bond donors (Lipinski definition) is 1. The van der Waals surface area contributed by atoms with Crippen molar-refractivity contribution in [2.75, 3.05) is 4.72 Å². The predicted molar refractivity (Wildman–Crippen MR) is 82.9 cm³/mol. The second-order valence-corrected chi connectivity index (χ2v) is 7.05. The lowest BCUT2D eigenvalue weighted by molar-refractivity contribution is 0.598. The van der Waals surface area contributed by atoms with Gasteiger partial charge in [0.25, 0.3) is 10.0 Å². The third-order valence-corrected chi connectivity index (χ3v) is 4.66. The van der Waals surface area contributed by atoms with E-state index in [1.807, 2.05) is 6.92 Å². The number of rotatable bonds is 4. The molecule has 2 rings (SSSR count). The first-order chi connectivity index (χ1) is 8.92. The number of benzene rings is 1. The Hall–Kier alpha value is -0.800. The minimum atomic E-state index is -3.71. The molecular weight excluding hydrogens is 401 g/mol. The van der Waals surface area contributed by atoms with Crippen molar-refractivity contribution in [2.24, 2.45) is 0 Å². The summed E-state index contributed by atoms with van der Waals surface area (Å²) in [5, 5.41) is 0.328. The normalized spacial score (nSPS) is 11.5.